The van der Waals surface area contributed by atoms with E-state index in [1.165, 1.54) is 6.20 Å². The molecule has 9 heavy (non-hydrogen) atoms. The van der Waals surface area contributed by atoms with Crippen molar-refractivity contribution < 1.29 is 9.90 Å². The fourth-order valence-corrected chi connectivity index (χ4v) is 0.371. The van der Waals surface area contributed by atoms with Gasteiger partial charge >= 0.3 is 6.09 Å². The molecule has 6 nitrogen and oxygen atoms in total. The highest BCUT2D eigenvalue weighted by Gasteiger charge is 1.97. The molecule has 0 aliphatic rings. The summed E-state index contributed by atoms with van der Waals surface area (Å²) in [7, 11) is 0. The average Bonchev–Trinajstić information content (AvgIpc) is 2.15. The van der Waals surface area contributed by atoms with Crippen molar-refractivity contribution in [2.24, 2.45) is 0 Å². The summed E-state index contributed by atoms with van der Waals surface area (Å²) >= 11 is 0. The van der Waals surface area contributed by atoms with Gasteiger partial charge in [0.1, 0.15) is 0 Å². The minimum Gasteiger partial charge on any atom is -0.465 e. The van der Waals surface area contributed by atoms with Crippen LogP contribution in [0.3, 0.4) is 0 Å². The number of hydrogen-bond acceptors (Lipinski definition) is 3. The van der Waals surface area contributed by atoms with Gasteiger partial charge in [-0.05, 0) is 0 Å². The molecule has 0 atom stereocenters. The van der Waals surface area contributed by atoms with Crippen LogP contribution in [0, 0.1) is 0 Å². The molecule has 0 fully saturated rings. The van der Waals surface area contributed by atoms with Crippen molar-refractivity contribution in [1.29, 1.82) is 0 Å². The Kier molecular flexibility index (Phi) is 1.31. The van der Waals surface area contributed by atoms with Crippen molar-refractivity contribution in [1.82, 2.24) is 15.4 Å². The molecule has 0 aliphatic heterocycles. The SMILES string of the molecule is O=C(O)Nc1cn[nH]n1. The van der Waals surface area contributed by atoms with Crippen molar-refractivity contribution in [2.75, 3.05) is 5.32 Å². The fourth-order valence-electron chi connectivity index (χ4n) is 0.371. The maximum Gasteiger partial charge on any atom is 0.410 e. The van der Waals surface area contributed by atoms with Crippen LogP contribution in [0.25, 0.3) is 0 Å². The van der Waals surface area contributed by atoms with Gasteiger partial charge in [0.05, 0.1) is 6.20 Å². The number of hydrogen-bond donors (Lipinski definition) is 3. The van der Waals surface area contributed by atoms with Gasteiger partial charge in [-0.1, -0.05) is 0 Å². The summed E-state index contributed by atoms with van der Waals surface area (Å²) in [6, 6.07) is 0. The summed E-state index contributed by atoms with van der Waals surface area (Å²) in [5.41, 5.74) is 0. The monoisotopic (exact) mass is 128 g/mol. The first-order valence-corrected chi connectivity index (χ1v) is 2.15. The third kappa shape index (κ3) is 1.41. The zero-order valence-electron chi connectivity index (χ0n) is 4.33. The normalized spacial score (nSPS) is 8.89. The lowest BCUT2D eigenvalue weighted by molar-refractivity contribution is 0.209. The van der Waals surface area contributed by atoms with E-state index < -0.39 is 6.09 Å². The van der Waals surface area contributed by atoms with Gasteiger partial charge in [0.2, 0.25) is 0 Å². The van der Waals surface area contributed by atoms with E-state index in [4.69, 9.17) is 5.11 Å². The smallest absolute Gasteiger partial charge is 0.410 e. The Labute approximate surface area is 49.9 Å². The maximum atomic E-state index is 9.87. The topological polar surface area (TPSA) is 90.9 Å². The fraction of sp³-hybridized carbons (Fsp3) is 0. The number of H-pyrrole nitrogens is 1. The van der Waals surface area contributed by atoms with E-state index in [0.29, 0.717) is 0 Å². The molecule has 0 aromatic carbocycles. The van der Waals surface area contributed by atoms with E-state index in [1.807, 2.05) is 5.32 Å². The Morgan fingerprint density at radius 1 is 1.89 bits per heavy atom. The third-order valence-corrected chi connectivity index (χ3v) is 0.650. The van der Waals surface area contributed by atoms with Crippen LogP contribution in [0.15, 0.2) is 6.20 Å². The van der Waals surface area contributed by atoms with Crippen molar-refractivity contribution in [3.8, 4) is 0 Å². The quantitative estimate of drug-likeness (QED) is 0.492. The van der Waals surface area contributed by atoms with E-state index in [1.54, 1.807) is 0 Å². The molecule has 48 valence electrons. The molecule has 1 aromatic rings. The second-order valence-corrected chi connectivity index (χ2v) is 1.29. The van der Waals surface area contributed by atoms with Crippen molar-refractivity contribution >= 4 is 11.9 Å². The Morgan fingerprint density at radius 3 is 3.11 bits per heavy atom. The Balaban J connectivity index is 2.58. The van der Waals surface area contributed by atoms with Crippen molar-refractivity contribution in [2.45, 2.75) is 0 Å². The van der Waals surface area contributed by atoms with Crippen LogP contribution in [0.1, 0.15) is 0 Å². The second kappa shape index (κ2) is 2.12. The third-order valence-electron chi connectivity index (χ3n) is 0.650. The van der Waals surface area contributed by atoms with Gasteiger partial charge in [-0.15, -0.1) is 5.10 Å². The predicted molar refractivity (Wildman–Crippen MR) is 28.0 cm³/mol. The standard InChI is InChI=1S/C3H4N4O2/c8-3(9)5-2-1-4-7-6-2/h1H,(H,8,9)(H2,4,5,6,7). The van der Waals surface area contributed by atoms with E-state index in [9.17, 15) is 4.79 Å². The molecule has 0 spiro atoms. The molecule has 0 saturated carbocycles. The molecule has 0 radical (unpaired) electrons. The van der Waals surface area contributed by atoms with Gasteiger partial charge in [0, 0.05) is 0 Å². The number of aromatic amines is 1. The Bertz CT molecular complexity index is 194. The van der Waals surface area contributed by atoms with Gasteiger partial charge < -0.3 is 5.11 Å². The van der Waals surface area contributed by atoms with Crippen LogP contribution < -0.4 is 5.32 Å². The summed E-state index contributed by atoms with van der Waals surface area (Å²) in [5.74, 6) is 0.197. The van der Waals surface area contributed by atoms with Crippen molar-refractivity contribution in [3.05, 3.63) is 6.20 Å². The van der Waals surface area contributed by atoms with E-state index in [-0.39, 0.29) is 5.82 Å². The molecule has 0 unspecified atom stereocenters. The second-order valence-electron chi connectivity index (χ2n) is 1.29. The molecule has 3 N–H and O–H groups in total. The van der Waals surface area contributed by atoms with Crippen LogP contribution in [-0.4, -0.2) is 26.6 Å². The number of anilines is 1. The highest BCUT2D eigenvalue weighted by molar-refractivity contribution is 5.80. The van der Waals surface area contributed by atoms with Crippen LogP contribution in [-0.2, 0) is 0 Å². The molecule has 1 amide bonds. The lowest BCUT2D eigenvalue weighted by atomic mass is 10.7. The van der Waals surface area contributed by atoms with Gasteiger partial charge in [0.15, 0.2) is 5.82 Å². The molecule has 1 aromatic heterocycles. The van der Waals surface area contributed by atoms with Crippen molar-refractivity contribution in [3.63, 3.8) is 0 Å². The van der Waals surface area contributed by atoms with E-state index >= 15 is 0 Å². The summed E-state index contributed by atoms with van der Waals surface area (Å²) in [6.45, 7) is 0. The first-order chi connectivity index (χ1) is 4.29. The zero-order chi connectivity index (χ0) is 6.69. The summed E-state index contributed by atoms with van der Waals surface area (Å²) in [5, 5.41) is 19.1. The number of carboxylic acid groups (broad SMARTS) is 1. The zero-order valence-corrected chi connectivity index (χ0v) is 4.33. The van der Waals surface area contributed by atoms with Gasteiger partial charge in [-0.25, -0.2) is 4.79 Å². The van der Waals surface area contributed by atoms with Gasteiger partial charge in [-0.2, -0.15) is 10.3 Å². The number of nitrogens with zero attached hydrogens (tertiary/aromatic N) is 2. The molecule has 1 rings (SSSR count). The summed E-state index contributed by atoms with van der Waals surface area (Å²) < 4.78 is 0. The first kappa shape index (κ1) is 5.54. The lowest BCUT2D eigenvalue weighted by Gasteiger charge is -1.88. The van der Waals surface area contributed by atoms with Crippen LogP contribution >= 0.6 is 0 Å². The minimum atomic E-state index is -1.15. The number of aromatic nitrogens is 3. The summed E-state index contributed by atoms with van der Waals surface area (Å²) in [6.07, 6.45) is 0.123. The molecule has 6 heteroatoms. The maximum absolute atomic E-state index is 9.87. The Hall–Kier alpha value is -1.59. The van der Waals surface area contributed by atoms with E-state index in [0.717, 1.165) is 0 Å². The van der Waals surface area contributed by atoms with Crippen LogP contribution in [0.4, 0.5) is 10.6 Å². The number of carbonyl (C=O) groups is 1. The largest absolute Gasteiger partial charge is 0.465 e. The van der Waals surface area contributed by atoms with E-state index in [2.05, 4.69) is 15.4 Å². The molecule has 1 heterocycles. The number of rotatable bonds is 1. The van der Waals surface area contributed by atoms with Crippen LogP contribution in [0.2, 0.25) is 0 Å². The highest BCUT2D eigenvalue weighted by Crippen LogP contribution is 1.93. The molecule has 0 bridgehead atoms. The Morgan fingerprint density at radius 2 is 2.67 bits per heavy atom. The average molecular weight is 128 g/mol. The summed E-state index contributed by atoms with van der Waals surface area (Å²) in [4.78, 5) is 9.87. The predicted octanol–water partition coefficient (Wildman–Crippen LogP) is -0.105. The van der Waals surface area contributed by atoms with Gasteiger partial charge in [0.25, 0.3) is 0 Å². The van der Waals surface area contributed by atoms with Gasteiger partial charge in [-0.3, -0.25) is 5.32 Å². The molecular formula is C3H4N4O2. The molecule has 0 aliphatic carbocycles. The molecular weight excluding hydrogens is 124 g/mol. The van der Waals surface area contributed by atoms with Crippen LogP contribution in [0.5, 0.6) is 0 Å². The molecule has 0 saturated heterocycles. The first-order valence-electron chi connectivity index (χ1n) is 2.15. The highest BCUT2D eigenvalue weighted by atomic mass is 16.4. The number of nitrogens with one attached hydrogen (secondary N) is 2. The number of amides is 1. The lowest BCUT2D eigenvalue weighted by Crippen LogP contribution is -2.07. The minimum absolute atomic E-state index is 0.197.